The van der Waals surface area contributed by atoms with E-state index in [1.165, 1.54) is 6.07 Å². The van der Waals surface area contributed by atoms with E-state index in [-0.39, 0.29) is 0 Å². The fourth-order valence-corrected chi connectivity index (χ4v) is 1.35. The van der Waals surface area contributed by atoms with Crippen molar-refractivity contribution in [3.05, 3.63) is 28.6 Å². The Morgan fingerprint density at radius 2 is 2.05 bits per heavy atom. The van der Waals surface area contributed by atoms with Gasteiger partial charge in [0.1, 0.15) is 17.5 Å². The molecule has 0 atom stereocenters. The Morgan fingerprint density at radius 3 is 2.42 bits per heavy atom. The van der Waals surface area contributed by atoms with Crippen LogP contribution in [0.5, 0.6) is 0 Å². The van der Waals surface area contributed by atoms with E-state index in [4.69, 9.17) is 5.26 Å². The molecule has 9 heteroatoms. The number of aromatic nitrogens is 1. The van der Waals surface area contributed by atoms with Crippen molar-refractivity contribution in [3.63, 3.8) is 0 Å². The number of pyridine rings is 1. The second kappa shape index (κ2) is 5.17. The van der Waals surface area contributed by atoms with Gasteiger partial charge >= 0.3 is 12.1 Å². The van der Waals surface area contributed by atoms with Gasteiger partial charge in [0, 0.05) is 0 Å². The maximum atomic E-state index is 12.7. The summed E-state index contributed by atoms with van der Waals surface area (Å²) in [4.78, 5) is 14.1. The summed E-state index contributed by atoms with van der Waals surface area (Å²) < 4.78 is 67.5. The summed E-state index contributed by atoms with van der Waals surface area (Å²) in [5.74, 6) is -1.48. The maximum absolute atomic E-state index is 12.7. The third-order valence-corrected chi connectivity index (χ3v) is 2.06. The Morgan fingerprint density at radius 1 is 1.47 bits per heavy atom. The van der Waals surface area contributed by atoms with Gasteiger partial charge < -0.3 is 4.74 Å². The molecule has 0 aliphatic heterocycles. The molecule has 0 saturated heterocycles. The zero-order valence-electron chi connectivity index (χ0n) is 9.26. The van der Waals surface area contributed by atoms with E-state index in [0.29, 0.717) is 6.07 Å². The summed E-state index contributed by atoms with van der Waals surface area (Å²) in [6, 6.07) is 1.76. The van der Waals surface area contributed by atoms with Gasteiger partial charge in [0.15, 0.2) is 0 Å². The van der Waals surface area contributed by atoms with Crippen molar-refractivity contribution in [1.82, 2.24) is 4.98 Å². The van der Waals surface area contributed by atoms with Crippen molar-refractivity contribution in [3.8, 4) is 6.07 Å². The Kier molecular flexibility index (Phi) is 4.04. The average molecular weight is 280 g/mol. The standard InChI is InChI=1S/C10H5F5N2O2/c1-19-9(18)5-2-4(3-16)17-7(8(11)12)6(5)10(13,14)15/h2,8H,1H3. The Hall–Kier alpha value is -2.24. The van der Waals surface area contributed by atoms with Crippen molar-refractivity contribution in [2.45, 2.75) is 12.6 Å². The van der Waals surface area contributed by atoms with Crippen LogP contribution < -0.4 is 0 Å². The molecule has 1 heterocycles. The zero-order valence-corrected chi connectivity index (χ0v) is 9.26. The highest BCUT2D eigenvalue weighted by Crippen LogP contribution is 2.38. The number of rotatable bonds is 2. The number of nitrogens with zero attached hydrogens (tertiary/aromatic N) is 2. The molecular formula is C10H5F5N2O2. The van der Waals surface area contributed by atoms with Gasteiger partial charge in [-0.2, -0.15) is 18.4 Å². The number of hydrogen-bond donors (Lipinski definition) is 0. The van der Waals surface area contributed by atoms with Crippen molar-refractivity contribution < 1.29 is 31.5 Å². The van der Waals surface area contributed by atoms with E-state index < -0.39 is 41.1 Å². The number of methoxy groups -OCH3 is 1. The first-order valence-corrected chi connectivity index (χ1v) is 4.61. The van der Waals surface area contributed by atoms with E-state index >= 15 is 0 Å². The first-order valence-electron chi connectivity index (χ1n) is 4.61. The minimum atomic E-state index is -5.23. The fourth-order valence-electron chi connectivity index (χ4n) is 1.35. The predicted octanol–water partition coefficient (Wildman–Crippen LogP) is 2.70. The lowest BCUT2D eigenvalue weighted by Gasteiger charge is -2.15. The highest BCUT2D eigenvalue weighted by molar-refractivity contribution is 5.91. The summed E-state index contributed by atoms with van der Waals surface area (Å²) in [5, 5.41) is 8.53. The zero-order chi connectivity index (χ0) is 14.8. The van der Waals surface area contributed by atoms with Crippen LogP contribution in [0.25, 0.3) is 0 Å². The molecule has 102 valence electrons. The minimum absolute atomic E-state index is 0.459. The van der Waals surface area contributed by atoms with Crippen LogP contribution >= 0.6 is 0 Å². The highest BCUT2D eigenvalue weighted by atomic mass is 19.4. The van der Waals surface area contributed by atoms with Gasteiger partial charge in [0.05, 0.1) is 18.2 Å². The van der Waals surface area contributed by atoms with Gasteiger partial charge in [0.2, 0.25) is 0 Å². The summed E-state index contributed by atoms with van der Waals surface area (Å²) in [6.45, 7) is 0. The van der Waals surface area contributed by atoms with Crippen molar-refractivity contribution in [1.29, 1.82) is 5.26 Å². The van der Waals surface area contributed by atoms with Crippen molar-refractivity contribution in [2.24, 2.45) is 0 Å². The van der Waals surface area contributed by atoms with Crippen LogP contribution in [0.2, 0.25) is 0 Å². The van der Waals surface area contributed by atoms with Gasteiger partial charge in [-0.3, -0.25) is 0 Å². The lowest BCUT2D eigenvalue weighted by atomic mass is 10.0. The Balaban J connectivity index is 3.73. The SMILES string of the molecule is COC(=O)c1cc(C#N)nc(C(F)F)c1C(F)(F)F. The third-order valence-electron chi connectivity index (χ3n) is 2.06. The predicted molar refractivity (Wildman–Crippen MR) is 50.3 cm³/mol. The van der Waals surface area contributed by atoms with E-state index in [2.05, 4.69) is 9.72 Å². The van der Waals surface area contributed by atoms with Crippen molar-refractivity contribution >= 4 is 5.97 Å². The molecule has 0 fully saturated rings. The number of hydrogen-bond acceptors (Lipinski definition) is 4. The normalized spacial score (nSPS) is 11.3. The molecule has 0 N–H and O–H groups in total. The van der Waals surface area contributed by atoms with Crippen LogP contribution in [0.3, 0.4) is 0 Å². The number of nitriles is 1. The lowest BCUT2D eigenvalue weighted by molar-refractivity contribution is -0.140. The molecular weight excluding hydrogens is 275 g/mol. The molecule has 0 aromatic carbocycles. The van der Waals surface area contributed by atoms with Gasteiger partial charge in [-0.1, -0.05) is 0 Å². The Labute approximate surface area is 103 Å². The molecule has 1 rings (SSSR count). The lowest BCUT2D eigenvalue weighted by Crippen LogP contribution is -2.19. The van der Waals surface area contributed by atoms with Crippen LogP contribution in [0, 0.1) is 11.3 Å². The topological polar surface area (TPSA) is 63.0 Å². The molecule has 1 aromatic rings. The summed E-state index contributed by atoms with van der Waals surface area (Å²) in [7, 11) is 0.789. The first kappa shape index (κ1) is 14.8. The van der Waals surface area contributed by atoms with Gasteiger partial charge in [-0.15, -0.1) is 0 Å². The van der Waals surface area contributed by atoms with Crippen LogP contribution in [0.1, 0.15) is 33.7 Å². The number of carbonyl (C=O) groups is 1. The largest absolute Gasteiger partial charge is 0.465 e. The molecule has 0 unspecified atom stereocenters. The van der Waals surface area contributed by atoms with Crippen LogP contribution in [0.4, 0.5) is 22.0 Å². The smallest absolute Gasteiger partial charge is 0.419 e. The molecule has 19 heavy (non-hydrogen) atoms. The number of alkyl halides is 5. The molecule has 0 spiro atoms. The molecule has 0 bridgehead atoms. The highest BCUT2D eigenvalue weighted by Gasteiger charge is 2.41. The van der Waals surface area contributed by atoms with Crippen LogP contribution in [0.15, 0.2) is 6.07 Å². The van der Waals surface area contributed by atoms with Crippen LogP contribution in [-0.2, 0) is 10.9 Å². The second-order valence-corrected chi connectivity index (χ2v) is 3.22. The number of halogens is 5. The summed E-state index contributed by atoms with van der Waals surface area (Å²) in [6.07, 6.45) is -8.82. The molecule has 0 aliphatic rings. The van der Waals surface area contributed by atoms with Crippen molar-refractivity contribution in [2.75, 3.05) is 7.11 Å². The van der Waals surface area contributed by atoms with Gasteiger partial charge in [-0.25, -0.2) is 18.6 Å². The van der Waals surface area contributed by atoms with Gasteiger partial charge in [-0.05, 0) is 6.07 Å². The monoisotopic (exact) mass is 280 g/mol. The van der Waals surface area contributed by atoms with Gasteiger partial charge in [0.25, 0.3) is 6.43 Å². The van der Waals surface area contributed by atoms with E-state index in [9.17, 15) is 26.7 Å². The second-order valence-electron chi connectivity index (χ2n) is 3.22. The summed E-state index contributed by atoms with van der Waals surface area (Å²) in [5.41, 5.74) is -5.47. The molecule has 4 nitrogen and oxygen atoms in total. The van der Waals surface area contributed by atoms with E-state index in [0.717, 1.165) is 7.11 Å². The first-order chi connectivity index (χ1) is 8.72. The average Bonchev–Trinajstić information content (AvgIpc) is 2.34. The van der Waals surface area contributed by atoms with E-state index in [1.54, 1.807) is 0 Å². The number of ether oxygens (including phenoxy) is 1. The molecule has 0 amide bonds. The third kappa shape index (κ3) is 2.96. The number of esters is 1. The molecule has 0 aliphatic carbocycles. The maximum Gasteiger partial charge on any atom is 0.419 e. The molecule has 1 aromatic heterocycles. The van der Waals surface area contributed by atoms with Crippen LogP contribution in [-0.4, -0.2) is 18.1 Å². The fraction of sp³-hybridized carbons (Fsp3) is 0.300. The number of carbonyl (C=O) groups excluding carboxylic acids is 1. The Bertz CT molecular complexity index is 548. The summed E-state index contributed by atoms with van der Waals surface area (Å²) >= 11 is 0. The molecule has 0 saturated carbocycles. The molecule has 0 radical (unpaired) electrons. The van der Waals surface area contributed by atoms with E-state index in [1.807, 2.05) is 0 Å². The minimum Gasteiger partial charge on any atom is -0.465 e. The quantitative estimate of drug-likeness (QED) is 0.617.